The van der Waals surface area contributed by atoms with Crippen LogP contribution in [0.5, 0.6) is 11.5 Å². The van der Waals surface area contributed by atoms with Gasteiger partial charge in [0.25, 0.3) is 0 Å². The quantitative estimate of drug-likeness (QED) is 0.814. The van der Waals surface area contributed by atoms with Gasteiger partial charge in [0, 0.05) is 30.9 Å². The van der Waals surface area contributed by atoms with E-state index in [0.29, 0.717) is 19.8 Å². The van der Waals surface area contributed by atoms with E-state index < -0.39 is 0 Å². The van der Waals surface area contributed by atoms with Gasteiger partial charge in [-0.25, -0.2) is 0 Å². The first-order valence-electron chi connectivity index (χ1n) is 9.85. The lowest BCUT2D eigenvalue weighted by atomic mass is 10.1. The number of carbonyl (C=O) groups is 2. The normalized spacial score (nSPS) is 15.6. The third kappa shape index (κ3) is 4.19. The molecule has 0 saturated carbocycles. The number of hydrogen-bond donors (Lipinski definition) is 2. The number of anilines is 2. The Hall–Kier alpha value is -3.06. The first-order valence-corrected chi connectivity index (χ1v) is 9.85. The molecule has 1 atom stereocenters. The first kappa shape index (κ1) is 19.3. The van der Waals surface area contributed by atoms with Crippen LogP contribution in [0.4, 0.5) is 11.4 Å². The molecule has 29 heavy (non-hydrogen) atoms. The minimum atomic E-state index is -0.115. The predicted molar refractivity (Wildman–Crippen MR) is 111 cm³/mol. The molecule has 2 N–H and O–H groups in total. The summed E-state index contributed by atoms with van der Waals surface area (Å²) >= 11 is 0. The van der Waals surface area contributed by atoms with Crippen LogP contribution in [0.25, 0.3) is 0 Å². The maximum Gasteiger partial charge on any atom is 0.238 e. The molecular formula is C22H25N3O4. The van der Waals surface area contributed by atoms with Crippen LogP contribution < -0.4 is 25.0 Å². The Morgan fingerprint density at radius 2 is 1.90 bits per heavy atom. The summed E-state index contributed by atoms with van der Waals surface area (Å²) < 4.78 is 11.2. The molecule has 2 aliphatic rings. The van der Waals surface area contributed by atoms with Crippen LogP contribution in [0.2, 0.25) is 0 Å². The lowest BCUT2D eigenvalue weighted by molar-refractivity contribution is -0.116. The van der Waals surface area contributed by atoms with Crippen LogP contribution in [0.15, 0.2) is 36.4 Å². The van der Waals surface area contributed by atoms with E-state index in [0.717, 1.165) is 40.4 Å². The van der Waals surface area contributed by atoms with Crippen molar-refractivity contribution in [3.05, 3.63) is 47.5 Å². The highest BCUT2D eigenvalue weighted by Crippen LogP contribution is 2.33. The highest BCUT2D eigenvalue weighted by molar-refractivity contribution is 5.96. The Balaban J connectivity index is 1.33. The van der Waals surface area contributed by atoms with Gasteiger partial charge in [0.2, 0.25) is 11.8 Å². The number of carbonyl (C=O) groups excluding carboxylic acids is 2. The molecule has 2 aromatic rings. The maximum absolute atomic E-state index is 12.4. The minimum Gasteiger partial charge on any atom is -0.486 e. The van der Waals surface area contributed by atoms with Gasteiger partial charge in [0.1, 0.15) is 13.2 Å². The fraction of sp³-hybridized carbons (Fsp3) is 0.364. The molecule has 0 saturated heterocycles. The standard InChI is InChI=1S/C22H25N3O4/c1-14(16-3-6-20-21(12-16)29-10-9-28-20)23-13-22(27)24-18-4-5-19-17(11-18)7-8-25(19)15(2)26/h3-6,11-12,14,23H,7-10,13H2,1-2H3,(H,24,27). The molecule has 0 aliphatic carbocycles. The SMILES string of the molecule is CC(=O)N1CCc2cc(NC(=O)CNC(C)c3ccc4c(c3)OCCO4)ccc21. The third-order valence-corrected chi connectivity index (χ3v) is 5.27. The monoisotopic (exact) mass is 395 g/mol. The third-order valence-electron chi connectivity index (χ3n) is 5.27. The van der Waals surface area contributed by atoms with Crippen molar-refractivity contribution in [1.82, 2.24) is 5.32 Å². The molecule has 1 unspecified atom stereocenters. The summed E-state index contributed by atoms with van der Waals surface area (Å²) in [6, 6.07) is 11.5. The lowest BCUT2D eigenvalue weighted by Crippen LogP contribution is -2.30. The van der Waals surface area contributed by atoms with E-state index >= 15 is 0 Å². The number of amides is 2. The molecule has 0 fully saturated rings. The molecule has 152 valence electrons. The van der Waals surface area contributed by atoms with Crippen LogP contribution in [0, 0.1) is 0 Å². The number of hydrogen-bond acceptors (Lipinski definition) is 5. The van der Waals surface area contributed by atoms with Crippen LogP contribution in [0.3, 0.4) is 0 Å². The number of nitrogens with one attached hydrogen (secondary N) is 2. The smallest absolute Gasteiger partial charge is 0.238 e. The van der Waals surface area contributed by atoms with Crippen molar-refractivity contribution >= 4 is 23.2 Å². The van der Waals surface area contributed by atoms with Gasteiger partial charge in [-0.1, -0.05) is 6.07 Å². The van der Waals surface area contributed by atoms with E-state index in [-0.39, 0.29) is 24.4 Å². The molecule has 0 spiro atoms. The van der Waals surface area contributed by atoms with Crippen molar-refractivity contribution in [3.8, 4) is 11.5 Å². The molecule has 0 bridgehead atoms. The predicted octanol–water partition coefficient (Wildman–Crippen LogP) is 2.66. The zero-order chi connectivity index (χ0) is 20.4. The fourth-order valence-electron chi connectivity index (χ4n) is 3.70. The number of rotatable bonds is 5. The molecule has 2 heterocycles. The fourth-order valence-corrected chi connectivity index (χ4v) is 3.70. The molecule has 2 aliphatic heterocycles. The maximum atomic E-state index is 12.4. The molecule has 0 aromatic heterocycles. The minimum absolute atomic E-state index is 0.0132. The molecule has 7 nitrogen and oxygen atoms in total. The van der Waals surface area contributed by atoms with E-state index in [1.807, 2.05) is 43.3 Å². The Morgan fingerprint density at radius 1 is 1.10 bits per heavy atom. The summed E-state index contributed by atoms with van der Waals surface area (Å²) in [6.07, 6.45) is 0.804. The zero-order valence-electron chi connectivity index (χ0n) is 16.7. The largest absolute Gasteiger partial charge is 0.486 e. The van der Waals surface area contributed by atoms with E-state index in [4.69, 9.17) is 9.47 Å². The van der Waals surface area contributed by atoms with Gasteiger partial charge in [-0.15, -0.1) is 0 Å². The van der Waals surface area contributed by atoms with Gasteiger partial charge >= 0.3 is 0 Å². The Bertz CT molecular complexity index is 944. The molecule has 0 radical (unpaired) electrons. The van der Waals surface area contributed by atoms with E-state index in [1.165, 1.54) is 0 Å². The van der Waals surface area contributed by atoms with Gasteiger partial charge in [-0.05, 0) is 54.8 Å². The first-order chi connectivity index (χ1) is 14.0. The van der Waals surface area contributed by atoms with Crippen molar-refractivity contribution in [3.63, 3.8) is 0 Å². The van der Waals surface area contributed by atoms with Crippen LogP contribution >= 0.6 is 0 Å². The molecule has 2 aromatic carbocycles. The topological polar surface area (TPSA) is 79.9 Å². The summed E-state index contributed by atoms with van der Waals surface area (Å²) in [5, 5.41) is 6.16. The summed E-state index contributed by atoms with van der Waals surface area (Å²) in [4.78, 5) is 25.8. The van der Waals surface area contributed by atoms with Crippen LogP contribution in [0.1, 0.15) is 31.0 Å². The van der Waals surface area contributed by atoms with Crippen molar-refractivity contribution in [2.75, 3.05) is 36.5 Å². The van der Waals surface area contributed by atoms with E-state index in [9.17, 15) is 9.59 Å². The van der Waals surface area contributed by atoms with Crippen LogP contribution in [-0.2, 0) is 16.0 Å². The van der Waals surface area contributed by atoms with E-state index in [1.54, 1.807) is 11.8 Å². The van der Waals surface area contributed by atoms with Gasteiger partial charge in [-0.3, -0.25) is 9.59 Å². The second kappa shape index (κ2) is 8.13. The highest BCUT2D eigenvalue weighted by Gasteiger charge is 2.22. The zero-order valence-corrected chi connectivity index (χ0v) is 16.7. The Kier molecular flexibility index (Phi) is 5.40. The summed E-state index contributed by atoms with van der Waals surface area (Å²) in [7, 11) is 0. The number of ether oxygens (including phenoxy) is 2. The van der Waals surface area contributed by atoms with Gasteiger partial charge in [-0.2, -0.15) is 0 Å². The lowest BCUT2D eigenvalue weighted by Gasteiger charge is -2.21. The summed E-state index contributed by atoms with van der Waals surface area (Å²) in [5.41, 5.74) is 3.79. The van der Waals surface area contributed by atoms with Gasteiger partial charge in [0.15, 0.2) is 11.5 Å². The molecule has 2 amide bonds. The summed E-state index contributed by atoms with van der Waals surface area (Å²) in [5.74, 6) is 1.42. The van der Waals surface area contributed by atoms with Crippen molar-refractivity contribution in [2.45, 2.75) is 26.3 Å². The van der Waals surface area contributed by atoms with E-state index in [2.05, 4.69) is 10.6 Å². The Morgan fingerprint density at radius 3 is 2.69 bits per heavy atom. The Labute approximate surface area is 170 Å². The van der Waals surface area contributed by atoms with Gasteiger partial charge < -0.3 is 25.0 Å². The van der Waals surface area contributed by atoms with Crippen molar-refractivity contribution in [1.29, 1.82) is 0 Å². The molecule has 7 heteroatoms. The molecule has 4 rings (SSSR count). The number of fused-ring (bicyclic) bond motifs is 2. The highest BCUT2D eigenvalue weighted by atomic mass is 16.6. The molecular weight excluding hydrogens is 370 g/mol. The summed E-state index contributed by atoms with van der Waals surface area (Å²) in [6.45, 7) is 5.56. The number of benzene rings is 2. The second-order valence-corrected chi connectivity index (χ2v) is 7.32. The van der Waals surface area contributed by atoms with Crippen LogP contribution in [-0.4, -0.2) is 38.1 Å². The number of nitrogens with zero attached hydrogens (tertiary/aromatic N) is 1. The van der Waals surface area contributed by atoms with Crippen molar-refractivity contribution in [2.24, 2.45) is 0 Å². The van der Waals surface area contributed by atoms with Gasteiger partial charge in [0.05, 0.1) is 6.54 Å². The van der Waals surface area contributed by atoms with Crippen molar-refractivity contribution < 1.29 is 19.1 Å². The second-order valence-electron chi connectivity index (χ2n) is 7.32. The average molecular weight is 395 g/mol. The average Bonchev–Trinajstić information content (AvgIpc) is 3.15.